The van der Waals surface area contributed by atoms with E-state index in [-0.39, 0.29) is 23.6 Å². The van der Waals surface area contributed by atoms with Crippen LogP contribution in [0, 0.1) is 0 Å². The minimum absolute atomic E-state index is 0.0233. The van der Waals surface area contributed by atoms with Crippen LogP contribution in [0.3, 0.4) is 0 Å². The highest BCUT2D eigenvalue weighted by molar-refractivity contribution is 7.89. The summed E-state index contributed by atoms with van der Waals surface area (Å²) in [6.07, 6.45) is 2.57. The number of fused-ring (bicyclic) bond motifs is 2. The zero-order chi connectivity index (χ0) is 20.4. The van der Waals surface area contributed by atoms with E-state index in [1.165, 1.54) is 6.07 Å². The molecule has 29 heavy (non-hydrogen) atoms. The Bertz CT molecular complexity index is 941. The Labute approximate surface area is 171 Å². The summed E-state index contributed by atoms with van der Waals surface area (Å²) in [5, 5.41) is 10.4. The largest absolute Gasteiger partial charge is 0.486 e. The fraction of sp³-hybridized carbons (Fsp3) is 0.450. The normalized spacial score (nSPS) is 28.0. The summed E-state index contributed by atoms with van der Waals surface area (Å²) in [7, 11) is -1.83. The lowest BCUT2D eigenvalue weighted by Crippen LogP contribution is -2.47. The molecule has 156 valence electrons. The molecule has 4 rings (SSSR count). The van der Waals surface area contributed by atoms with Crippen LogP contribution < -0.4 is 9.46 Å². The summed E-state index contributed by atoms with van der Waals surface area (Å²) < 4.78 is 34.2. The number of aromatic nitrogens is 1. The summed E-state index contributed by atoms with van der Waals surface area (Å²) in [6, 6.07) is 10.6. The van der Waals surface area contributed by atoms with Gasteiger partial charge in [-0.05, 0) is 30.8 Å². The van der Waals surface area contributed by atoms with Crippen molar-refractivity contribution in [1.29, 1.82) is 0 Å². The molecule has 1 aromatic carbocycles. The van der Waals surface area contributed by atoms with Gasteiger partial charge in [0, 0.05) is 45.1 Å². The number of nitrogens with zero attached hydrogens (tertiary/aromatic N) is 3. The average molecular weight is 419 g/mol. The van der Waals surface area contributed by atoms with Gasteiger partial charge in [-0.25, -0.2) is 13.1 Å². The molecule has 1 aromatic heterocycles. The Morgan fingerprint density at radius 3 is 2.83 bits per heavy atom. The molecule has 2 N–H and O–H groups in total. The van der Waals surface area contributed by atoms with Gasteiger partial charge in [0.1, 0.15) is 16.7 Å². The smallest absolute Gasteiger partial charge is 0.244 e. The molecule has 3 heterocycles. The highest BCUT2D eigenvalue weighted by Gasteiger charge is 2.39. The minimum Gasteiger partial charge on any atom is -0.486 e. The number of aliphatic hydroxyl groups is 1. The van der Waals surface area contributed by atoms with Crippen molar-refractivity contribution in [2.45, 2.75) is 29.7 Å². The fourth-order valence-electron chi connectivity index (χ4n) is 4.00. The van der Waals surface area contributed by atoms with Crippen molar-refractivity contribution in [3.8, 4) is 5.75 Å². The fourth-order valence-corrected chi connectivity index (χ4v) is 5.21. The van der Waals surface area contributed by atoms with Gasteiger partial charge in [0.25, 0.3) is 0 Å². The highest BCUT2D eigenvalue weighted by Crippen LogP contribution is 2.29. The van der Waals surface area contributed by atoms with Crippen LogP contribution in [-0.4, -0.2) is 79.8 Å². The third-order valence-corrected chi connectivity index (χ3v) is 6.90. The van der Waals surface area contributed by atoms with E-state index < -0.39 is 16.1 Å². The lowest BCUT2D eigenvalue weighted by molar-refractivity contribution is 0.0713. The SMILES string of the molecule is CN1C[C@@H](O)CNS(=O)(=O)c2ccccc2O[C@H]2CN(Cc3cccnc3)C[C@H]21. The molecular weight excluding hydrogens is 392 g/mol. The summed E-state index contributed by atoms with van der Waals surface area (Å²) in [6.45, 7) is 2.46. The maximum absolute atomic E-state index is 12.7. The molecule has 0 bridgehead atoms. The van der Waals surface area contributed by atoms with E-state index in [4.69, 9.17) is 4.74 Å². The van der Waals surface area contributed by atoms with Gasteiger partial charge in [-0.3, -0.25) is 14.8 Å². The second kappa shape index (κ2) is 8.37. The van der Waals surface area contributed by atoms with Crippen LogP contribution in [0.2, 0.25) is 0 Å². The first-order valence-electron chi connectivity index (χ1n) is 9.67. The van der Waals surface area contributed by atoms with E-state index in [1.807, 2.05) is 25.4 Å². The van der Waals surface area contributed by atoms with Gasteiger partial charge in [0.15, 0.2) is 0 Å². The number of likely N-dealkylation sites (N-methyl/N-ethyl adjacent to an activating group) is 1. The zero-order valence-corrected chi connectivity index (χ0v) is 17.1. The summed E-state index contributed by atoms with van der Waals surface area (Å²) >= 11 is 0. The van der Waals surface area contributed by atoms with Crippen molar-refractivity contribution in [3.05, 3.63) is 54.4 Å². The lowest BCUT2D eigenvalue weighted by atomic mass is 10.1. The second-order valence-corrected chi connectivity index (χ2v) is 9.41. The number of sulfonamides is 1. The maximum Gasteiger partial charge on any atom is 0.244 e. The van der Waals surface area contributed by atoms with Crippen molar-refractivity contribution < 1.29 is 18.3 Å². The Kier molecular flexibility index (Phi) is 5.84. The maximum atomic E-state index is 12.7. The molecule has 0 radical (unpaired) electrons. The monoisotopic (exact) mass is 418 g/mol. The number of aliphatic hydroxyl groups excluding tert-OH is 1. The first kappa shape index (κ1) is 20.2. The number of β-amino-alcohol motifs (C(OH)–C–C–N with tert-alkyl or cyclic N) is 1. The third-order valence-electron chi connectivity index (χ3n) is 5.43. The van der Waals surface area contributed by atoms with Gasteiger partial charge >= 0.3 is 0 Å². The van der Waals surface area contributed by atoms with E-state index in [0.29, 0.717) is 18.8 Å². The standard InChI is InChI=1S/C20H26N4O4S/c1-23-12-16(25)10-22-29(26,27)20-7-3-2-6-18(20)28-19-14-24(13-17(19)23)11-15-5-4-8-21-9-15/h2-9,16-17,19,22,25H,10-14H2,1H3/t16-,17+,19-/m0/s1. The van der Waals surface area contributed by atoms with Gasteiger partial charge in [-0.1, -0.05) is 18.2 Å². The van der Waals surface area contributed by atoms with Gasteiger partial charge in [-0.15, -0.1) is 0 Å². The molecule has 2 aliphatic rings. The molecule has 1 fully saturated rings. The molecule has 2 aromatic rings. The molecule has 3 atom stereocenters. The summed E-state index contributed by atoms with van der Waals surface area (Å²) in [5.74, 6) is 0.336. The van der Waals surface area contributed by atoms with Gasteiger partial charge < -0.3 is 9.84 Å². The number of nitrogens with one attached hydrogen (secondary N) is 1. The van der Waals surface area contributed by atoms with E-state index in [1.54, 1.807) is 24.4 Å². The van der Waals surface area contributed by atoms with Crippen molar-refractivity contribution >= 4 is 10.0 Å². The minimum atomic E-state index is -3.77. The van der Waals surface area contributed by atoms with Crippen LogP contribution in [0.1, 0.15) is 5.56 Å². The number of likely N-dealkylation sites (tertiary alicyclic amines) is 1. The zero-order valence-electron chi connectivity index (χ0n) is 16.3. The molecule has 0 saturated carbocycles. The van der Waals surface area contributed by atoms with E-state index >= 15 is 0 Å². The van der Waals surface area contributed by atoms with Crippen molar-refractivity contribution in [2.75, 3.05) is 33.2 Å². The molecule has 0 spiro atoms. The van der Waals surface area contributed by atoms with Crippen LogP contribution in [0.25, 0.3) is 0 Å². The molecular formula is C20H26N4O4S. The predicted molar refractivity (Wildman–Crippen MR) is 108 cm³/mol. The quantitative estimate of drug-likeness (QED) is 0.724. The molecule has 0 aliphatic carbocycles. The van der Waals surface area contributed by atoms with Gasteiger partial charge in [-0.2, -0.15) is 0 Å². The van der Waals surface area contributed by atoms with Crippen molar-refractivity contribution in [2.24, 2.45) is 0 Å². The van der Waals surface area contributed by atoms with E-state index in [2.05, 4.69) is 19.5 Å². The van der Waals surface area contributed by atoms with Crippen LogP contribution in [0.5, 0.6) is 5.75 Å². The predicted octanol–water partition coefficient (Wildman–Crippen LogP) is 0.298. The Morgan fingerprint density at radius 2 is 2.03 bits per heavy atom. The Hall–Kier alpha value is -2.04. The van der Waals surface area contributed by atoms with Gasteiger partial charge in [0.2, 0.25) is 10.0 Å². The Balaban J connectivity index is 1.63. The van der Waals surface area contributed by atoms with Crippen LogP contribution in [-0.2, 0) is 16.6 Å². The number of ether oxygens (including phenoxy) is 1. The average Bonchev–Trinajstić information content (AvgIpc) is 3.09. The van der Waals surface area contributed by atoms with Crippen LogP contribution in [0.15, 0.2) is 53.7 Å². The summed E-state index contributed by atoms with van der Waals surface area (Å²) in [5.41, 5.74) is 1.11. The topological polar surface area (TPSA) is 95.0 Å². The summed E-state index contributed by atoms with van der Waals surface area (Å²) in [4.78, 5) is 8.61. The number of pyridine rings is 1. The number of hydrogen-bond acceptors (Lipinski definition) is 7. The first-order valence-corrected chi connectivity index (χ1v) is 11.2. The molecule has 0 unspecified atom stereocenters. The van der Waals surface area contributed by atoms with Crippen LogP contribution in [0.4, 0.5) is 0 Å². The number of para-hydroxylation sites is 1. The molecule has 0 amide bonds. The lowest BCUT2D eigenvalue weighted by Gasteiger charge is -2.30. The second-order valence-electron chi connectivity index (χ2n) is 7.67. The van der Waals surface area contributed by atoms with Gasteiger partial charge in [0.05, 0.1) is 12.1 Å². The number of hydrogen-bond donors (Lipinski definition) is 2. The number of rotatable bonds is 2. The van der Waals surface area contributed by atoms with E-state index in [0.717, 1.165) is 18.7 Å². The van der Waals surface area contributed by atoms with E-state index in [9.17, 15) is 13.5 Å². The van der Waals surface area contributed by atoms with Crippen molar-refractivity contribution in [1.82, 2.24) is 19.5 Å². The molecule has 1 saturated heterocycles. The molecule has 2 aliphatic heterocycles. The van der Waals surface area contributed by atoms with Crippen molar-refractivity contribution in [3.63, 3.8) is 0 Å². The molecule has 8 nitrogen and oxygen atoms in total. The third kappa shape index (κ3) is 4.59. The number of benzene rings is 1. The molecule has 9 heteroatoms. The first-order chi connectivity index (χ1) is 13.9. The Morgan fingerprint density at radius 1 is 1.21 bits per heavy atom. The highest BCUT2D eigenvalue weighted by atomic mass is 32.2. The van der Waals surface area contributed by atoms with Crippen LogP contribution >= 0.6 is 0 Å².